The summed E-state index contributed by atoms with van der Waals surface area (Å²) >= 11 is 0. The molecule has 7 heteroatoms. The molecule has 0 bridgehead atoms. The number of halogens is 3. The van der Waals surface area contributed by atoms with Gasteiger partial charge in [0.2, 0.25) is 5.82 Å². The van der Waals surface area contributed by atoms with Gasteiger partial charge in [-0.2, -0.15) is 13.2 Å². The first-order valence-corrected chi connectivity index (χ1v) is 5.60. The number of carbonyl (C=O) groups excluding carboxylic acids is 1. The fraction of sp³-hybridized carbons (Fsp3) is 0.0769. The summed E-state index contributed by atoms with van der Waals surface area (Å²) < 4.78 is 42.9. The summed E-state index contributed by atoms with van der Waals surface area (Å²) in [6.07, 6.45) is -3.96. The highest BCUT2D eigenvalue weighted by molar-refractivity contribution is 5.81. The molecule has 0 saturated carbocycles. The van der Waals surface area contributed by atoms with Gasteiger partial charge in [-0.3, -0.25) is 4.79 Å². The van der Waals surface area contributed by atoms with Crippen LogP contribution in [0.5, 0.6) is 0 Å². The molecule has 3 rings (SSSR count). The van der Waals surface area contributed by atoms with Crippen LogP contribution in [0.1, 0.15) is 16.4 Å². The highest BCUT2D eigenvalue weighted by atomic mass is 19.4. The van der Waals surface area contributed by atoms with Crippen molar-refractivity contribution in [3.8, 4) is 11.3 Å². The molecule has 0 saturated heterocycles. The van der Waals surface area contributed by atoms with Crippen LogP contribution in [0.4, 0.5) is 13.2 Å². The second-order valence-electron chi connectivity index (χ2n) is 4.13. The number of imidazole rings is 1. The molecule has 0 radical (unpaired) electrons. The number of hydrogen-bond donors (Lipinski definition) is 1. The summed E-state index contributed by atoms with van der Waals surface area (Å²) in [5.41, 5.74) is 1.02. The number of nitrogens with one attached hydrogen (secondary N) is 1. The van der Waals surface area contributed by atoms with Crippen molar-refractivity contribution in [3.05, 3.63) is 41.9 Å². The number of aldehydes is 1. The van der Waals surface area contributed by atoms with Gasteiger partial charge in [-0.25, -0.2) is 4.98 Å². The third kappa shape index (κ3) is 2.07. The normalized spacial score (nSPS) is 11.9. The molecule has 0 spiro atoms. The maximum Gasteiger partial charge on any atom is 0.449 e. The highest BCUT2D eigenvalue weighted by Crippen LogP contribution is 2.30. The Morgan fingerprint density at radius 3 is 2.65 bits per heavy atom. The Bertz CT molecular complexity index is 786. The summed E-state index contributed by atoms with van der Waals surface area (Å²) in [7, 11) is 0. The molecule has 0 amide bonds. The highest BCUT2D eigenvalue weighted by Gasteiger charge is 2.34. The van der Waals surface area contributed by atoms with Crippen molar-refractivity contribution in [2.45, 2.75) is 6.18 Å². The Kier molecular flexibility index (Phi) is 2.63. The average Bonchev–Trinajstić information content (AvgIpc) is 3.03. The molecule has 0 aliphatic carbocycles. The molecule has 0 fully saturated rings. The van der Waals surface area contributed by atoms with E-state index in [-0.39, 0.29) is 16.8 Å². The predicted octanol–water partition coefficient (Wildman–Crippen LogP) is 3.65. The monoisotopic (exact) mass is 280 g/mol. The number of benzene rings is 1. The summed E-state index contributed by atoms with van der Waals surface area (Å²) in [5, 5.41) is 0. The number of nitrogens with zero attached hydrogens (tertiary/aromatic N) is 1. The number of H-pyrrole nitrogens is 1. The maximum absolute atomic E-state index is 12.5. The molecule has 1 N–H and O–H groups in total. The van der Waals surface area contributed by atoms with Crippen molar-refractivity contribution in [1.29, 1.82) is 0 Å². The Morgan fingerprint density at radius 1 is 1.20 bits per heavy atom. The molecular weight excluding hydrogens is 273 g/mol. The smallest absolute Gasteiger partial charge is 0.449 e. The lowest BCUT2D eigenvalue weighted by molar-refractivity contribution is -0.144. The number of carbonyl (C=O) groups is 1. The van der Waals surface area contributed by atoms with E-state index in [1.165, 1.54) is 18.2 Å². The maximum atomic E-state index is 12.5. The van der Waals surface area contributed by atoms with E-state index in [4.69, 9.17) is 4.42 Å². The van der Waals surface area contributed by atoms with Gasteiger partial charge >= 0.3 is 6.18 Å². The van der Waals surface area contributed by atoms with E-state index in [0.29, 0.717) is 17.6 Å². The Hall–Kier alpha value is -2.57. The number of furan rings is 1. The molecule has 1 aromatic carbocycles. The van der Waals surface area contributed by atoms with Crippen LogP contribution in [0.15, 0.2) is 34.7 Å². The zero-order valence-electron chi connectivity index (χ0n) is 9.86. The second-order valence-corrected chi connectivity index (χ2v) is 4.13. The molecule has 0 atom stereocenters. The third-order valence-electron chi connectivity index (χ3n) is 2.78. The van der Waals surface area contributed by atoms with E-state index < -0.39 is 12.0 Å². The number of aromatic nitrogens is 2. The van der Waals surface area contributed by atoms with E-state index in [9.17, 15) is 18.0 Å². The quantitative estimate of drug-likeness (QED) is 0.729. The van der Waals surface area contributed by atoms with Gasteiger partial charge in [-0.15, -0.1) is 0 Å². The molecule has 0 unspecified atom stereocenters. The van der Waals surface area contributed by atoms with Crippen LogP contribution in [-0.2, 0) is 6.18 Å². The van der Waals surface area contributed by atoms with Crippen molar-refractivity contribution in [3.63, 3.8) is 0 Å². The Labute approximate surface area is 110 Å². The van der Waals surface area contributed by atoms with E-state index in [2.05, 4.69) is 9.97 Å². The number of aromatic amines is 1. The first-order valence-electron chi connectivity index (χ1n) is 5.60. The summed E-state index contributed by atoms with van der Waals surface area (Å²) in [5.74, 6) is -0.490. The van der Waals surface area contributed by atoms with Crippen LogP contribution in [-0.4, -0.2) is 16.3 Å². The minimum absolute atomic E-state index is 0.153. The van der Waals surface area contributed by atoms with Crippen LogP contribution in [0.3, 0.4) is 0 Å². The minimum atomic E-state index is -4.52. The molecule has 20 heavy (non-hydrogen) atoms. The van der Waals surface area contributed by atoms with E-state index in [1.807, 2.05) is 0 Å². The second kappa shape index (κ2) is 4.22. The molecular formula is C13H7F3N2O2. The van der Waals surface area contributed by atoms with Crippen LogP contribution >= 0.6 is 0 Å². The fourth-order valence-corrected chi connectivity index (χ4v) is 1.87. The van der Waals surface area contributed by atoms with Crippen molar-refractivity contribution < 1.29 is 22.4 Å². The van der Waals surface area contributed by atoms with Gasteiger partial charge in [0.15, 0.2) is 12.0 Å². The van der Waals surface area contributed by atoms with Gasteiger partial charge in [-0.1, -0.05) is 0 Å². The van der Waals surface area contributed by atoms with Gasteiger partial charge < -0.3 is 9.40 Å². The van der Waals surface area contributed by atoms with Gasteiger partial charge in [-0.05, 0) is 30.3 Å². The van der Waals surface area contributed by atoms with Crippen LogP contribution in [0.25, 0.3) is 22.4 Å². The molecule has 0 aliphatic heterocycles. The van der Waals surface area contributed by atoms with Crippen molar-refractivity contribution in [2.75, 3.05) is 0 Å². The zero-order chi connectivity index (χ0) is 14.3. The fourth-order valence-electron chi connectivity index (χ4n) is 1.87. The number of fused-ring (bicyclic) bond motifs is 1. The van der Waals surface area contributed by atoms with E-state index in [0.717, 1.165) is 0 Å². The number of hydrogen-bond acceptors (Lipinski definition) is 3. The summed E-state index contributed by atoms with van der Waals surface area (Å²) in [6, 6.07) is 7.59. The molecule has 102 valence electrons. The third-order valence-corrected chi connectivity index (χ3v) is 2.78. The first-order chi connectivity index (χ1) is 9.47. The lowest BCUT2D eigenvalue weighted by Gasteiger charge is -1.99. The topological polar surface area (TPSA) is 58.9 Å². The van der Waals surface area contributed by atoms with Gasteiger partial charge in [0.05, 0.1) is 11.0 Å². The van der Waals surface area contributed by atoms with Crippen molar-refractivity contribution in [2.24, 2.45) is 0 Å². The molecule has 0 aliphatic rings. The summed E-state index contributed by atoms with van der Waals surface area (Å²) in [6.45, 7) is 0. The molecule has 2 aromatic heterocycles. The zero-order valence-corrected chi connectivity index (χ0v) is 9.86. The first kappa shape index (κ1) is 12.5. The lowest BCUT2D eigenvalue weighted by Crippen LogP contribution is -2.06. The van der Waals surface area contributed by atoms with Crippen LogP contribution in [0, 0.1) is 0 Å². The minimum Gasteiger partial charge on any atom is -0.453 e. The van der Waals surface area contributed by atoms with Crippen LogP contribution < -0.4 is 0 Å². The summed E-state index contributed by atoms with van der Waals surface area (Å²) in [4.78, 5) is 16.2. The predicted molar refractivity (Wildman–Crippen MR) is 64.2 cm³/mol. The van der Waals surface area contributed by atoms with Crippen LogP contribution in [0.2, 0.25) is 0 Å². The van der Waals surface area contributed by atoms with E-state index >= 15 is 0 Å². The van der Waals surface area contributed by atoms with Gasteiger partial charge in [0.1, 0.15) is 5.76 Å². The van der Waals surface area contributed by atoms with E-state index in [1.54, 1.807) is 12.1 Å². The Morgan fingerprint density at radius 2 is 2.00 bits per heavy atom. The average molecular weight is 280 g/mol. The largest absolute Gasteiger partial charge is 0.453 e. The van der Waals surface area contributed by atoms with Gasteiger partial charge in [0.25, 0.3) is 0 Å². The molecule has 3 aromatic rings. The molecule has 2 heterocycles. The number of alkyl halides is 3. The van der Waals surface area contributed by atoms with Crippen molar-refractivity contribution in [1.82, 2.24) is 9.97 Å². The van der Waals surface area contributed by atoms with Crippen molar-refractivity contribution >= 4 is 17.3 Å². The number of rotatable bonds is 2. The lowest BCUT2D eigenvalue weighted by atomic mass is 10.1. The Balaban J connectivity index is 2.08. The SMILES string of the molecule is O=Cc1ccc(-c2ccc3nc(C(F)(F)F)[nH]c3c2)o1. The standard InChI is InChI=1S/C13H7F3N2O2/c14-13(15,16)12-17-9-3-1-7(5-10(9)18-12)11-4-2-8(6-19)20-11/h1-6H,(H,17,18). The molecule has 4 nitrogen and oxygen atoms in total. The van der Waals surface area contributed by atoms with Gasteiger partial charge in [0, 0.05) is 5.56 Å².